The molecule has 2 aliphatic rings. The molecule has 0 saturated carbocycles. The average Bonchev–Trinajstić information content (AvgIpc) is 3.47. The Morgan fingerprint density at radius 2 is 1.94 bits per heavy atom. The van der Waals surface area contributed by atoms with E-state index in [-0.39, 0.29) is 29.8 Å². The van der Waals surface area contributed by atoms with E-state index in [1.54, 1.807) is 20.0 Å². The molecule has 0 radical (unpaired) electrons. The molecule has 0 spiro atoms. The van der Waals surface area contributed by atoms with Gasteiger partial charge in [0, 0.05) is 18.5 Å². The lowest BCUT2D eigenvalue weighted by molar-refractivity contribution is -0.154. The number of Topliss-reactive ketones (excluding diaryl/α,β-unsaturated/α-hetero) is 1. The lowest BCUT2D eigenvalue weighted by Gasteiger charge is -2.35. The molecule has 1 aromatic rings. The van der Waals surface area contributed by atoms with Crippen LogP contribution in [0.4, 0.5) is 0 Å². The highest BCUT2D eigenvalue weighted by Crippen LogP contribution is 2.45. The van der Waals surface area contributed by atoms with Crippen LogP contribution in [0.3, 0.4) is 0 Å². The fourth-order valence-electron chi connectivity index (χ4n) is 5.30. The van der Waals surface area contributed by atoms with Gasteiger partial charge in [0.2, 0.25) is 0 Å². The molecule has 2 fully saturated rings. The number of carbonyl (C=O) groups excluding carboxylic acids is 2. The third-order valence-electron chi connectivity index (χ3n) is 8.24. The van der Waals surface area contributed by atoms with Crippen molar-refractivity contribution in [2.45, 2.75) is 110 Å². The van der Waals surface area contributed by atoms with Crippen LogP contribution in [0, 0.1) is 17.3 Å². The van der Waals surface area contributed by atoms with E-state index in [0.717, 1.165) is 30.5 Å². The molecular weight excluding hydrogens is 458 g/mol. The molecule has 7 nitrogen and oxygen atoms in total. The van der Waals surface area contributed by atoms with Crippen LogP contribution in [0.5, 0.6) is 0 Å². The molecule has 1 aromatic heterocycles. The molecule has 0 amide bonds. The number of epoxide rings is 1. The quantitative estimate of drug-likeness (QED) is 0.464. The van der Waals surface area contributed by atoms with Crippen molar-refractivity contribution >= 4 is 17.8 Å². The van der Waals surface area contributed by atoms with Crippen LogP contribution in [-0.4, -0.2) is 57.0 Å². The van der Waals surface area contributed by atoms with Crippen LogP contribution in [-0.2, 0) is 19.1 Å². The molecule has 2 saturated heterocycles. The number of rotatable bonds is 3. The first-order valence-corrected chi connectivity index (χ1v) is 13.3. The molecule has 36 heavy (non-hydrogen) atoms. The summed E-state index contributed by atoms with van der Waals surface area (Å²) in [5.74, 6) is -1.47. The highest BCUT2D eigenvalue weighted by atomic mass is 16.6. The summed E-state index contributed by atoms with van der Waals surface area (Å²) in [5, 5.41) is 22.0. The number of carbonyl (C=O) groups is 2. The number of esters is 1. The van der Waals surface area contributed by atoms with E-state index in [4.69, 9.17) is 9.47 Å². The molecule has 7 heteroatoms. The van der Waals surface area contributed by atoms with Gasteiger partial charge in [-0.1, -0.05) is 40.2 Å². The van der Waals surface area contributed by atoms with Gasteiger partial charge in [0.1, 0.15) is 11.9 Å². The zero-order chi connectivity index (χ0) is 26.7. The van der Waals surface area contributed by atoms with Crippen LogP contribution >= 0.6 is 0 Å². The van der Waals surface area contributed by atoms with Crippen LogP contribution in [0.15, 0.2) is 30.0 Å². The van der Waals surface area contributed by atoms with Gasteiger partial charge in [-0.3, -0.25) is 14.6 Å². The Morgan fingerprint density at radius 1 is 1.22 bits per heavy atom. The van der Waals surface area contributed by atoms with E-state index in [1.807, 2.05) is 45.0 Å². The van der Waals surface area contributed by atoms with Crippen molar-refractivity contribution in [1.82, 2.24) is 4.98 Å². The minimum atomic E-state index is -1.23. The summed E-state index contributed by atoms with van der Waals surface area (Å²) in [5.41, 5.74) is 0.0968. The second kappa shape index (κ2) is 11.5. The zero-order valence-corrected chi connectivity index (χ0v) is 22.6. The number of aromatic nitrogens is 1. The summed E-state index contributed by atoms with van der Waals surface area (Å²) in [6, 6.07) is 5.63. The van der Waals surface area contributed by atoms with Crippen molar-refractivity contribution < 1.29 is 29.3 Å². The number of ether oxygens (including phenoxy) is 2. The van der Waals surface area contributed by atoms with Crippen molar-refractivity contribution in [3.63, 3.8) is 0 Å². The number of ketones is 1. The number of pyridine rings is 1. The fourth-order valence-corrected chi connectivity index (χ4v) is 5.30. The third-order valence-corrected chi connectivity index (χ3v) is 8.24. The highest BCUT2D eigenvalue weighted by Gasteiger charge is 2.53. The maximum atomic E-state index is 13.4. The lowest BCUT2D eigenvalue weighted by Crippen LogP contribution is -2.46. The van der Waals surface area contributed by atoms with Gasteiger partial charge >= 0.3 is 5.97 Å². The number of fused-ring (bicyclic) bond motifs is 1. The largest absolute Gasteiger partial charge is 0.458 e. The summed E-state index contributed by atoms with van der Waals surface area (Å²) in [4.78, 5) is 30.8. The van der Waals surface area contributed by atoms with Gasteiger partial charge in [-0.25, -0.2) is 0 Å². The Hall–Kier alpha value is -2.09. The molecule has 200 valence electrons. The van der Waals surface area contributed by atoms with E-state index < -0.39 is 35.6 Å². The first-order valence-electron chi connectivity index (χ1n) is 13.3. The zero-order valence-electron chi connectivity index (χ0n) is 22.6. The highest BCUT2D eigenvalue weighted by molar-refractivity contribution is 5.88. The normalized spacial score (nSPS) is 36.6. The van der Waals surface area contributed by atoms with E-state index >= 15 is 0 Å². The predicted octanol–water partition coefficient (Wildman–Crippen LogP) is 4.50. The maximum Gasteiger partial charge on any atom is 0.309 e. The van der Waals surface area contributed by atoms with Crippen LogP contribution in [0.25, 0.3) is 6.08 Å². The number of hydrogen-bond donors (Lipinski definition) is 2. The number of nitrogens with zero attached hydrogens (tertiary/aromatic N) is 1. The second-order valence-electron chi connectivity index (χ2n) is 11.5. The van der Waals surface area contributed by atoms with Gasteiger partial charge in [0.15, 0.2) is 0 Å². The van der Waals surface area contributed by atoms with E-state index in [2.05, 4.69) is 11.9 Å². The molecule has 0 aromatic carbocycles. The molecule has 3 heterocycles. The topological polar surface area (TPSA) is 109 Å². The SMILES string of the molecule is CC[C@H]1C(=O)C(C)(C)C(O)CC(=O)OC(/C(C)=C/c2ccccn2)CC2O[C@]2(C)CCC[C@H](C)[C@@H]1O. The number of cyclic esters (lactones) is 1. The predicted molar refractivity (Wildman–Crippen MR) is 138 cm³/mol. The van der Waals surface area contributed by atoms with Crippen LogP contribution in [0.1, 0.15) is 85.8 Å². The molecule has 2 aliphatic heterocycles. The summed E-state index contributed by atoms with van der Waals surface area (Å²) in [6.07, 6.45) is 4.11. The maximum absolute atomic E-state index is 13.4. The summed E-state index contributed by atoms with van der Waals surface area (Å²) < 4.78 is 12.0. The Labute approximate surface area is 215 Å². The van der Waals surface area contributed by atoms with Crippen molar-refractivity contribution in [2.24, 2.45) is 17.3 Å². The fraction of sp³-hybridized carbons (Fsp3) is 0.690. The molecule has 7 atom stereocenters. The van der Waals surface area contributed by atoms with Gasteiger partial charge in [-0.05, 0) is 62.8 Å². The van der Waals surface area contributed by atoms with Gasteiger partial charge in [0.25, 0.3) is 0 Å². The van der Waals surface area contributed by atoms with Crippen molar-refractivity contribution in [2.75, 3.05) is 0 Å². The Balaban J connectivity index is 1.87. The van der Waals surface area contributed by atoms with Gasteiger partial charge in [0.05, 0.1) is 41.4 Å². The molecule has 0 bridgehead atoms. The summed E-state index contributed by atoms with van der Waals surface area (Å²) in [6.45, 7) is 11.1. The minimum absolute atomic E-state index is 0.0538. The summed E-state index contributed by atoms with van der Waals surface area (Å²) >= 11 is 0. The Kier molecular flexibility index (Phi) is 9.12. The number of aliphatic hydroxyl groups excluding tert-OH is 2. The van der Waals surface area contributed by atoms with E-state index in [1.165, 1.54) is 0 Å². The first-order chi connectivity index (χ1) is 16.9. The smallest absolute Gasteiger partial charge is 0.309 e. The van der Waals surface area contributed by atoms with Crippen molar-refractivity contribution in [3.8, 4) is 0 Å². The molecule has 3 rings (SSSR count). The van der Waals surface area contributed by atoms with Gasteiger partial charge in [-0.2, -0.15) is 0 Å². The standard InChI is InChI=1S/C29H43NO6/c1-7-21-26(33)18(2)11-10-13-29(6)24(36-29)16-22(19(3)15-20-12-8-9-14-30-20)35-25(32)17-23(31)28(4,5)27(21)34/h8-9,12,14-15,18,21-24,26,31,33H,7,10-11,13,16-17H2,1-6H3/b19-15+/t18-,21+,22?,23?,24?,26-,29+/m0/s1. The Bertz CT molecular complexity index is 944. The summed E-state index contributed by atoms with van der Waals surface area (Å²) in [7, 11) is 0. The minimum Gasteiger partial charge on any atom is -0.458 e. The van der Waals surface area contributed by atoms with Gasteiger partial charge < -0.3 is 19.7 Å². The third kappa shape index (κ3) is 6.61. The van der Waals surface area contributed by atoms with Crippen molar-refractivity contribution in [3.05, 3.63) is 35.7 Å². The van der Waals surface area contributed by atoms with E-state index in [9.17, 15) is 19.8 Å². The Morgan fingerprint density at radius 3 is 2.58 bits per heavy atom. The van der Waals surface area contributed by atoms with Crippen molar-refractivity contribution in [1.29, 1.82) is 0 Å². The first kappa shape index (κ1) is 28.5. The molecule has 2 N–H and O–H groups in total. The van der Waals surface area contributed by atoms with Crippen LogP contribution < -0.4 is 0 Å². The van der Waals surface area contributed by atoms with Crippen LogP contribution in [0.2, 0.25) is 0 Å². The number of hydrogen-bond acceptors (Lipinski definition) is 7. The second-order valence-corrected chi connectivity index (χ2v) is 11.5. The number of aliphatic hydroxyl groups is 2. The van der Waals surface area contributed by atoms with E-state index in [0.29, 0.717) is 12.8 Å². The lowest BCUT2D eigenvalue weighted by atomic mass is 9.71. The molecule has 0 aliphatic carbocycles. The monoisotopic (exact) mass is 501 g/mol. The van der Waals surface area contributed by atoms with Gasteiger partial charge in [-0.15, -0.1) is 0 Å². The molecule has 3 unspecified atom stereocenters. The average molecular weight is 502 g/mol. The molecular formula is C29H43NO6.